The van der Waals surface area contributed by atoms with Gasteiger partial charge in [-0.25, -0.2) is 0 Å². The Morgan fingerprint density at radius 1 is 1.39 bits per heavy atom. The lowest BCUT2D eigenvalue weighted by Crippen LogP contribution is -2.36. The molecule has 0 aromatic heterocycles. The normalized spacial score (nSPS) is 19.8. The highest BCUT2D eigenvalue weighted by Gasteiger charge is 2.23. The minimum Gasteiger partial charge on any atom is -0.338 e. The molecule has 1 aromatic rings. The molecule has 2 heterocycles. The second-order valence-electron chi connectivity index (χ2n) is 6.17. The highest BCUT2D eigenvalue weighted by molar-refractivity contribution is 5.85. The second-order valence-corrected chi connectivity index (χ2v) is 6.17. The van der Waals surface area contributed by atoms with Crippen LogP contribution in [0.4, 0.5) is 5.69 Å². The van der Waals surface area contributed by atoms with Crippen LogP contribution in [0.3, 0.4) is 0 Å². The highest BCUT2D eigenvalue weighted by Crippen LogP contribution is 2.25. The lowest BCUT2D eigenvalue weighted by atomic mass is 9.97. The number of nitro groups is 1. The average molecular weight is 340 g/mol. The van der Waals surface area contributed by atoms with E-state index in [1.807, 2.05) is 11.0 Å². The molecule has 0 saturated carbocycles. The number of hydrogen-bond acceptors (Lipinski definition) is 4. The van der Waals surface area contributed by atoms with Crippen molar-refractivity contribution < 1.29 is 9.72 Å². The summed E-state index contributed by atoms with van der Waals surface area (Å²) in [4.78, 5) is 24.7. The Balaban J connectivity index is 0.00000192. The molecule has 1 aromatic carbocycles. The summed E-state index contributed by atoms with van der Waals surface area (Å²) in [5.74, 6) is 0.783. The zero-order chi connectivity index (χ0) is 15.5. The highest BCUT2D eigenvalue weighted by atomic mass is 35.5. The molecular formula is C16H22ClN3O3. The van der Waals surface area contributed by atoms with E-state index in [-0.39, 0.29) is 28.9 Å². The fourth-order valence-electron chi connectivity index (χ4n) is 3.32. The molecule has 0 radical (unpaired) electrons. The Morgan fingerprint density at radius 3 is 2.91 bits per heavy atom. The van der Waals surface area contributed by atoms with Crippen LogP contribution in [0.25, 0.3) is 0 Å². The van der Waals surface area contributed by atoms with E-state index < -0.39 is 0 Å². The molecule has 6 nitrogen and oxygen atoms in total. The van der Waals surface area contributed by atoms with Crippen molar-refractivity contribution in [2.75, 3.05) is 19.6 Å². The van der Waals surface area contributed by atoms with Gasteiger partial charge in [-0.3, -0.25) is 14.9 Å². The van der Waals surface area contributed by atoms with Crippen molar-refractivity contribution in [3.63, 3.8) is 0 Å². The minimum atomic E-state index is -0.381. The number of nitrogens with one attached hydrogen (secondary N) is 1. The standard InChI is InChI=1S/C16H21N3O3.ClH/c20-16(4-1-12-5-7-17-10-12)18-8-6-13-2-3-15(19(21)22)9-14(13)11-18;/h2-3,9,12,17H,1,4-8,10-11H2;1H. The third-order valence-electron chi connectivity index (χ3n) is 4.69. The molecule has 3 rings (SSSR count). The first-order chi connectivity index (χ1) is 10.6. The number of rotatable bonds is 4. The number of fused-ring (bicyclic) bond motifs is 1. The number of carbonyl (C=O) groups is 1. The van der Waals surface area contributed by atoms with Crippen LogP contribution in [0, 0.1) is 16.0 Å². The zero-order valence-electron chi connectivity index (χ0n) is 13.0. The molecule has 1 atom stereocenters. The first-order valence-electron chi connectivity index (χ1n) is 7.88. The van der Waals surface area contributed by atoms with Crippen LogP contribution in [0.2, 0.25) is 0 Å². The first kappa shape index (κ1) is 17.7. The van der Waals surface area contributed by atoms with Crippen molar-refractivity contribution in [1.29, 1.82) is 0 Å². The molecule has 1 saturated heterocycles. The maximum absolute atomic E-state index is 12.4. The summed E-state index contributed by atoms with van der Waals surface area (Å²) in [5, 5.41) is 14.2. The lowest BCUT2D eigenvalue weighted by Gasteiger charge is -2.29. The number of amides is 1. The van der Waals surface area contributed by atoms with Gasteiger partial charge in [-0.05, 0) is 49.4 Å². The van der Waals surface area contributed by atoms with Gasteiger partial charge in [-0.15, -0.1) is 12.4 Å². The van der Waals surface area contributed by atoms with Gasteiger partial charge >= 0.3 is 0 Å². The molecular weight excluding hydrogens is 318 g/mol. The van der Waals surface area contributed by atoms with Crippen molar-refractivity contribution in [3.8, 4) is 0 Å². The van der Waals surface area contributed by atoms with Gasteiger partial charge in [-0.2, -0.15) is 0 Å². The van der Waals surface area contributed by atoms with E-state index in [0.717, 1.165) is 43.5 Å². The number of carbonyl (C=O) groups excluding carboxylic acids is 1. The smallest absolute Gasteiger partial charge is 0.269 e. The van der Waals surface area contributed by atoms with E-state index in [1.165, 1.54) is 0 Å². The molecule has 0 spiro atoms. The van der Waals surface area contributed by atoms with Crippen LogP contribution in [0.1, 0.15) is 30.4 Å². The summed E-state index contributed by atoms with van der Waals surface area (Å²) < 4.78 is 0. The van der Waals surface area contributed by atoms with E-state index in [2.05, 4.69) is 5.32 Å². The van der Waals surface area contributed by atoms with Gasteiger partial charge in [-0.1, -0.05) is 6.07 Å². The summed E-state index contributed by atoms with van der Waals surface area (Å²) in [6.07, 6.45) is 3.45. The molecule has 1 amide bonds. The molecule has 126 valence electrons. The number of nitro benzene ring substituents is 1. The maximum Gasteiger partial charge on any atom is 0.269 e. The minimum absolute atomic E-state index is 0. The van der Waals surface area contributed by atoms with Gasteiger partial charge in [0.25, 0.3) is 5.69 Å². The molecule has 7 heteroatoms. The molecule has 1 fully saturated rings. The molecule has 0 bridgehead atoms. The Hall–Kier alpha value is -1.66. The number of hydrogen-bond donors (Lipinski definition) is 1. The molecule has 1 unspecified atom stereocenters. The van der Waals surface area contributed by atoms with E-state index in [1.54, 1.807) is 12.1 Å². The van der Waals surface area contributed by atoms with Gasteiger partial charge < -0.3 is 10.2 Å². The summed E-state index contributed by atoms with van der Waals surface area (Å²) >= 11 is 0. The fraction of sp³-hybridized carbons (Fsp3) is 0.562. The molecule has 0 aliphatic carbocycles. The Bertz CT molecular complexity index is 588. The Morgan fingerprint density at radius 2 is 2.22 bits per heavy atom. The first-order valence-corrected chi connectivity index (χ1v) is 7.88. The second kappa shape index (κ2) is 7.75. The van der Waals surface area contributed by atoms with E-state index >= 15 is 0 Å². The topological polar surface area (TPSA) is 75.5 Å². The van der Waals surface area contributed by atoms with Gasteiger partial charge in [0.05, 0.1) is 4.92 Å². The predicted octanol–water partition coefficient (Wildman–Crippen LogP) is 2.29. The van der Waals surface area contributed by atoms with Crippen molar-refractivity contribution >= 4 is 24.0 Å². The Labute approximate surface area is 141 Å². The van der Waals surface area contributed by atoms with Crippen LogP contribution < -0.4 is 5.32 Å². The quantitative estimate of drug-likeness (QED) is 0.674. The third-order valence-corrected chi connectivity index (χ3v) is 4.69. The van der Waals surface area contributed by atoms with Crippen LogP contribution in [-0.2, 0) is 17.8 Å². The SMILES string of the molecule is Cl.O=C(CCC1CCNC1)N1CCc2ccc([N+](=O)[O-])cc2C1. The Kier molecular flexibility index (Phi) is 5.96. The van der Waals surface area contributed by atoms with Crippen molar-refractivity contribution in [1.82, 2.24) is 10.2 Å². The monoisotopic (exact) mass is 339 g/mol. The molecule has 2 aliphatic heterocycles. The van der Waals surface area contributed by atoms with Crippen molar-refractivity contribution in [3.05, 3.63) is 39.4 Å². The van der Waals surface area contributed by atoms with Crippen LogP contribution >= 0.6 is 12.4 Å². The van der Waals surface area contributed by atoms with Crippen LogP contribution in [0.15, 0.2) is 18.2 Å². The summed E-state index contributed by atoms with van der Waals surface area (Å²) in [6, 6.07) is 4.97. The van der Waals surface area contributed by atoms with Gasteiger partial charge in [0.15, 0.2) is 0 Å². The molecule has 23 heavy (non-hydrogen) atoms. The number of halogens is 1. The van der Waals surface area contributed by atoms with E-state index in [0.29, 0.717) is 25.4 Å². The summed E-state index contributed by atoms with van der Waals surface area (Å²) in [6.45, 7) is 3.28. The maximum atomic E-state index is 12.4. The molecule has 2 aliphatic rings. The van der Waals surface area contributed by atoms with Crippen molar-refractivity contribution in [2.24, 2.45) is 5.92 Å². The number of benzene rings is 1. The van der Waals surface area contributed by atoms with Gasteiger partial charge in [0, 0.05) is 31.6 Å². The predicted molar refractivity (Wildman–Crippen MR) is 89.7 cm³/mol. The van der Waals surface area contributed by atoms with Crippen LogP contribution in [0.5, 0.6) is 0 Å². The summed E-state index contributed by atoms with van der Waals surface area (Å²) in [5.41, 5.74) is 2.14. The van der Waals surface area contributed by atoms with Gasteiger partial charge in [0.2, 0.25) is 5.91 Å². The fourth-order valence-corrected chi connectivity index (χ4v) is 3.32. The summed E-state index contributed by atoms with van der Waals surface area (Å²) in [7, 11) is 0. The van der Waals surface area contributed by atoms with Crippen LogP contribution in [-0.4, -0.2) is 35.4 Å². The number of non-ortho nitro benzene ring substituents is 1. The largest absolute Gasteiger partial charge is 0.338 e. The number of nitrogens with zero attached hydrogens (tertiary/aromatic N) is 2. The van der Waals surface area contributed by atoms with E-state index in [9.17, 15) is 14.9 Å². The average Bonchev–Trinajstić information content (AvgIpc) is 3.04. The van der Waals surface area contributed by atoms with Crippen molar-refractivity contribution in [2.45, 2.75) is 32.2 Å². The molecule has 1 N–H and O–H groups in total. The lowest BCUT2D eigenvalue weighted by molar-refractivity contribution is -0.385. The third kappa shape index (κ3) is 4.20. The zero-order valence-corrected chi connectivity index (χ0v) is 13.8. The van der Waals surface area contributed by atoms with Gasteiger partial charge in [0.1, 0.15) is 0 Å². The van der Waals surface area contributed by atoms with E-state index in [4.69, 9.17) is 0 Å².